The quantitative estimate of drug-likeness (QED) is 0.165. The molecule has 4 aromatic carbocycles. The highest BCUT2D eigenvalue weighted by Crippen LogP contribution is 2.52. The Hall–Kier alpha value is -5.13. The average Bonchev–Trinajstić information content (AvgIpc) is 3.06. The molecule has 0 spiro atoms. The largest absolute Gasteiger partial charge is 0.466 e. The molecule has 7 rings (SSSR count). The van der Waals surface area contributed by atoms with Gasteiger partial charge in [0, 0.05) is 24.0 Å². The molecule has 0 aromatic heterocycles. The highest BCUT2D eigenvalue weighted by Gasteiger charge is 2.36. The molecule has 0 radical (unpaired) electrons. The van der Waals surface area contributed by atoms with Crippen LogP contribution in [0.15, 0.2) is 108 Å². The van der Waals surface area contributed by atoms with Gasteiger partial charge in [0.1, 0.15) is 18.0 Å². The molecule has 0 saturated heterocycles. The molecule has 0 saturated carbocycles. The van der Waals surface area contributed by atoms with Gasteiger partial charge in [0.05, 0.1) is 18.2 Å². The molecule has 3 aliphatic rings. The summed E-state index contributed by atoms with van der Waals surface area (Å²) in [6.07, 6.45) is 3.11. The van der Waals surface area contributed by atoms with Crippen LogP contribution in [-0.4, -0.2) is 19.0 Å². The van der Waals surface area contributed by atoms with Crippen molar-refractivity contribution in [2.45, 2.75) is 39.3 Å². The number of ether oxygens (including phenoxy) is 2. The minimum absolute atomic E-state index is 0.0960. The van der Waals surface area contributed by atoms with Crippen LogP contribution in [0.5, 0.6) is 5.75 Å². The third-order valence-corrected chi connectivity index (χ3v) is 8.78. The molecule has 1 aliphatic heterocycles. The van der Waals surface area contributed by atoms with Gasteiger partial charge in [0.25, 0.3) is 0 Å². The molecule has 0 fully saturated rings. The van der Waals surface area contributed by atoms with Crippen molar-refractivity contribution in [2.24, 2.45) is 5.41 Å². The van der Waals surface area contributed by atoms with Gasteiger partial charge in [0.15, 0.2) is 0 Å². The summed E-state index contributed by atoms with van der Waals surface area (Å²) >= 11 is 0. The smallest absolute Gasteiger partial charge is 0.416 e. The van der Waals surface area contributed by atoms with Gasteiger partial charge < -0.3 is 9.47 Å². The topological polar surface area (TPSA) is 52.6 Å². The van der Waals surface area contributed by atoms with Crippen molar-refractivity contribution >= 4 is 33.8 Å². The third kappa shape index (κ3) is 5.70. The van der Waals surface area contributed by atoms with Crippen molar-refractivity contribution in [3.63, 3.8) is 0 Å². The Morgan fingerprint density at radius 1 is 0.935 bits per heavy atom. The standard InChI is InChI=1S/C28H21F3O.C11H10O3/c1-27(2)12-6-9-21-22-11-10-18-13-20(28(29,30)31)15-23(17-7-4-3-5-8-17)25(18)26(22)19(16-32)14-24(21)27;1-13-11(12)9-6-8-4-2-3-5-10(8)14-7-9/h3-11,13,15H,12,14H2,1-2H3;2-5,7H,6H2,1H3. The summed E-state index contributed by atoms with van der Waals surface area (Å²) in [6, 6.07) is 22.6. The van der Waals surface area contributed by atoms with Crippen LogP contribution in [0.4, 0.5) is 13.2 Å². The average molecular weight is 621 g/mol. The molecular formula is C39H31F3O4. The number of benzene rings is 4. The normalized spacial score (nSPS) is 16.1. The van der Waals surface area contributed by atoms with Gasteiger partial charge in [-0.15, -0.1) is 0 Å². The van der Waals surface area contributed by atoms with E-state index in [4.69, 9.17) is 4.74 Å². The maximum Gasteiger partial charge on any atom is 0.416 e. The first kappa shape index (κ1) is 30.9. The SMILES string of the molecule is CC1(C)CC=CC2=C1CC(=C=O)c1c2ccc2cc(C(F)(F)F)cc(-c3ccccc3)c12.COC(=O)C1=COc2ccccc2C1. The molecular weight excluding hydrogens is 589 g/mol. The summed E-state index contributed by atoms with van der Waals surface area (Å²) in [6.45, 7) is 4.32. The van der Waals surface area contributed by atoms with E-state index in [9.17, 15) is 22.8 Å². The van der Waals surface area contributed by atoms with E-state index in [1.165, 1.54) is 31.1 Å². The Labute approximate surface area is 265 Å². The number of alkyl halides is 3. The number of rotatable bonds is 2. The highest BCUT2D eigenvalue weighted by atomic mass is 19.4. The number of para-hydroxylation sites is 1. The first-order chi connectivity index (χ1) is 22.0. The fraction of sp³-hybridized carbons (Fsp3) is 0.205. The monoisotopic (exact) mass is 620 g/mol. The van der Waals surface area contributed by atoms with Crippen LogP contribution in [-0.2, 0) is 26.9 Å². The Kier molecular flexibility index (Phi) is 8.05. The zero-order valence-corrected chi connectivity index (χ0v) is 25.6. The van der Waals surface area contributed by atoms with Crippen molar-refractivity contribution in [1.29, 1.82) is 0 Å². The number of hydrogen-bond acceptors (Lipinski definition) is 4. The predicted molar refractivity (Wildman–Crippen MR) is 173 cm³/mol. The zero-order chi connectivity index (χ0) is 32.6. The maximum atomic E-state index is 13.7. The number of hydrogen-bond donors (Lipinski definition) is 0. The van der Waals surface area contributed by atoms with E-state index in [0.29, 0.717) is 51.5 Å². The molecule has 0 amide bonds. The van der Waals surface area contributed by atoms with E-state index in [0.717, 1.165) is 28.9 Å². The fourth-order valence-corrected chi connectivity index (χ4v) is 6.41. The van der Waals surface area contributed by atoms with Gasteiger partial charge in [-0.05, 0) is 68.6 Å². The van der Waals surface area contributed by atoms with E-state index in [1.807, 2.05) is 36.4 Å². The second-order valence-electron chi connectivity index (χ2n) is 12.2. The summed E-state index contributed by atoms with van der Waals surface area (Å²) in [5.74, 6) is 2.60. The second-order valence-corrected chi connectivity index (χ2v) is 12.2. The van der Waals surface area contributed by atoms with Crippen molar-refractivity contribution in [3.8, 4) is 16.9 Å². The maximum absolute atomic E-state index is 13.7. The van der Waals surface area contributed by atoms with Gasteiger partial charge in [-0.2, -0.15) is 13.2 Å². The Morgan fingerprint density at radius 3 is 2.39 bits per heavy atom. The van der Waals surface area contributed by atoms with Gasteiger partial charge in [0.2, 0.25) is 0 Å². The van der Waals surface area contributed by atoms with E-state index >= 15 is 0 Å². The predicted octanol–water partition coefficient (Wildman–Crippen LogP) is 9.56. The lowest BCUT2D eigenvalue weighted by molar-refractivity contribution is -0.137. The van der Waals surface area contributed by atoms with Crippen molar-refractivity contribution in [3.05, 3.63) is 131 Å². The van der Waals surface area contributed by atoms with Crippen molar-refractivity contribution in [1.82, 2.24) is 0 Å². The molecule has 0 atom stereocenters. The number of halogens is 3. The lowest BCUT2D eigenvalue weighted by Gasteiger charge is -2.36. The molecule has 7 heteroatoms. The summed E-state index contributed by atoms with van der Waals surface area (Å²) in [4.78, 5) is 23.3. The fourth-order valence-electron chi connectivity index (χ4n) is 6.41. The molecule has 4 aromatic rings. The van der Waals surface area contributed by atoms with Crippen LogP contribution in [0.25, 0.3) is 33.0 Å². The number of methoxy groups -OCH3 is 1. The number of esters is 1. The first-order valence-corrected chi connectivity index (χ1v) is 14.9. The van der Waals surface area contributed by atoms with E-state index in [1.54, 1.807) is 30.3 Å². The highest BCUT2D eigenvalue weighted by molar-refractivity contribution is 6.13. The van der Waals surface area contributed by atoms with Gasteiger partial charge >= 0.3 is 12.1 Å². The van der Waals surface area contributed by atoms with Crippen molar-refractivity contribution in [2.75, 3.05) is 7.11 Å². The van der Waals surface area contributed by atoms with Crippen LogP contribution in [0.1, 0.15) is 48.9 Å². The molecule has 2 aliphatic carbocycles. The summed E-state index contributed by atoms with van der Waals surface area (Å²) in [5, 5.41) is 1.14. The van der Waals surface area contributed by atoms with Crippen LogP contribution < -0.4 is 4.74 Å². The number of carbonyl (C=O) groups excluding carboxylic acids is 2. The van der Waals surface area contributed by atoms with E-state index < -0.39 is 11.7 Å². The van der Waals surface area contributed by atoms with Crippen LogP contribution in [0.3, 0.4) is 0 Å². The van der Waals surface area contributed by atoms with Crippen molar-refractivity contribution < 1.29 is 32.2 Å². The third-order valence-electron chi connectivity index (χ3n) is 8.78. The van der Waals surface area contributed by atoms with Gasteiger partial charge in [-0.25, -0.2) is 9.59 Å². The second kappa shape index (κ2) is 12.0. The van der Waals surface area contributed by atoms with Gasteiger partial charge in [-0.3, -0.25) is 0 Å². The number of allylic oxidation sites excluding steroid dienone is 5. The summed E-state index contributed by atoms with van der Waals surface area (Å²) in [7, 11) is 1.36. The van der Waals surface area contributed by atoms with Crippen LogP contribution >= 0.6 is 0 Å². The lowest BCUT2D eigenvalue weighted by atomic mass is 9.67. The van der Waals surface area contributed by atoms with E-state index in [2.05, 4.69) is 36.7 Å². The molecule has 1 heterocycles. The molecule has 0 unspecified atom stereocenters. The molecule has 0 N–H and O–H groups in total. The zero-order valence-electron chi connectivity index (χ0n) is 25.6. The first-order valence-electron chi connectivity index (χ1n) is 14.9. The molecule has 0 bridgehead atoms. The number of carbonyl (C=O) groups is 1. The summed E-state index contributed by atoms with van der Waals surface area (Å²) < 4.78 is 51.1. The minimum Gasteiger partial charge on any atom is -0.466 e. The van der Waals surface area contributed by atoms with Gasteiger partial charge in [-0.1, -0.05) is 92.2 Å². The van der Waals surface area contributed by atoms with E-state index in [-0.39, 0.29) is 11.4 Å². The Morgan fingerprint density at radius 2 is 1.67 bits per heavy atom. The number of fused-ring (bicyclic) bond motifs is 5. The molecule has 4 nitrogen and oxygen atoms in total. The Balaban J connectivity index is 0.000000221. The minimum atomic E-state index is -4.47. The molecule has 232 valence electrons. The lowest BCUT2D eigenvalue weighted by Crippen LogP contribution is -2.21. The summed E-state index contributed by atoms with van der Waals surface area (Å²) in [5.41, 5.74) is 6.26. The van der Waals surface area contributed by atoms with Crippen LogP contribution in [0.2, 0.25) is 0 Å². The molecule has 46 heavy (non-hydrogen) atoms. The Bertz CT molecular complexity index is 2010. The van der Waals surface area contributed by atoms with Crippen LogP contribution in [0, 0.1) is 5.41 Å².